The predicted octanol–water partition coefficient (Wildman–Crippen LogP) is 3.87. The van der Waals surface area contributed by atoms with E-state index in [1.54, 1.807) is 0 Å². The molecular formula is C20H17N3O2S. The fourth-order valence-corrected chi connectivity index (χ4v) is 4.18. The molecule has 0 radical (unpaired) electrons. The summed E-state index contributed by atoms with van der Waals surface area (Å²) >= 11 is 1.41. The quantitative estimate of drug-likeness (QED) is 0.601. The molecule has 0 aliphatic carbocycles. The third-order valence-corrected chi connectivity index (χ3v) is 5.56. The summed E-state index contributed by atoms with van der Waals surface area (Å²) in [6, 6.07) is 13.6. The standard InChI is InChI=1S/C20H17N3O2S/c1-12-6-5-7-13(2)17(12)22-16(24)10-23-11-21-18-14-8-3-4-9-15(14)26-19(18)20(23)25/h3-9,11H,10H2,1-2H3,(H,22,24). The fraction of sp³-hybridized carbons (Fsp3) is 0.150. The number of thiophene rings is 1. The molecule has 4 aromatic rings. The molecule has 0 saturated heterocycles. The fourth-order valence-electron chi connectivity index (χ4n) is 3.07. The van der Waals surface area contributed by atoms with Crippen molar-refractivity contribution in [1.82, 2.24) is 9.55 Å². The second-order valence-electron chi connectivity index (χ2n) is 6.27. The van der Waals surface area contributed by atoms with Crippen molar-refractivity contribution >= 4 is 43.2 Å². The largest absolute Gasteiger partial charge is 0.324 e. The average molecular weight is 363 g/mol. The number of anilines is 1. The normalized spacial score (nSPS) is 11.2. The van der Waals surface area contributed by atoms with Crippen LogP contribution in [0, 0.1) is 13.8 Å². The van der Waals surface area contributed by atoms with Crippen LogP contribution in [-0.4, -0.2) is 15.5 Å². The van der Waals surface area contributed by atoms with Crippen LogP contribution in [0.25, 0.3) is 20.3 Å². The first-order valence-corrected chi connectivity index (χ1v) is 9.09. The molecule has 0 unspecified atom stereocenters. The molecule has 0 aliphatic heterocycles. The van der Waals surface area contributed by atoms with Gasteiger partial charge in [-0.2, -0.15) is 0 Å². The molecule has 0 bridgehead atoms. The molecule has 2 aromatic heterocycles. The van der Waals surface area contributed by atoms with Crippen molar-refractivity contribution in [2.45, 2.75) is 20.4 Å². The number of para-hydroxylation sites is 1. The minimum atomic E-state index is -0.244. The number of aromatic nitrogens is 2. The van der Waals surface area contributed by atoms with E-state index in [0.717, 1.165) is 26.9 Å². The van der Waals surface area contributed by atoms with Crippen molar-refractivity contribution in [2.75, 3.05) is 5.32 Å². The van der Waals surface area contributed by atoms with E-state index < -0.39 is 0 Å². The highest BCUT2D eigenvalue weighted by molar-refractivity contribution is 7.25. The van der Waals surface area contributed by atoms with Crippen LogP contribution in [0.5, 0.6) is 0 Å². The molecule has 130 valence electrons. The highest BCUT2D eigenvalue weighted by Crippen LogP contribution is 2.29. The maximum Gasteiger partial charge on any atom is 0.271 e. The number of nitrogens with zero attached hydrogens (tertiary/aromatic N) is 2. The lowest BCUT2D eigenvalue weighted by molar-refractivity contribution is -0.116. The molecule has 1 N–H and O–H groups in total. The Hall–Kier alpha value is -2.99. The summed E-state index contributed by atoms with van der Waals surface area (Å²) in [5.74, 6) is -0.244. The summed E-state index contributed by atoms with van der Waals surface area (Å²) in [6.45, 7) is 3.82. The van der Waals surface area contributed by atoms with Crippen molar-refractivity contribution in [1.29, 1.82) is 0 Å². The van der Waals surface area contributed by atoms with Gasteiger partial charge in [-0.15, -0.1) is 11.3 Å². The van der Waals surface area contributed by atoms with Crippen LogP contribution >= 0.6 is 11.3 Å². The van der Waals surface area contributed by atoms with Gasteiger partial charge in [0, 0.05) is 15.8 Å². The van der Waals surface area contributed by atoms with Gasteiger partial charge in [0.25, 0.3) is 5.56 Å². The van der Waals surface area contributed by atoms with Gasteiger partial charge in [-0.1, -0.05) is 36.4 Å². The zero-order valence-electron chi connectivity index (χ0n) is 14.4. The number of amides is 1. The minimum Gasteiger partial charge on any atom is -0.324 e. The van der Waals surface area contributed by atoms with Crippen LogP contribution in [0.15, 0.2) is 53.6 Å². The summed E-state index contributed by atoms with van der Waals surface area (Å²) < 4.78 is 2.96. The smallest absolute Gasteiger partial charge is 0.271 e. The van der Waals surface area contributed by atoms with Gasteiger partial charge < -0.3 is 5.32 Å². The lowest BCUT2D eigenvalue weighted by atomic mass is 10.1. The Balaban J connectivity index is 1.67. The molecule has 2 heterocycles. The van der Waals surface area contributed by atoms with Crippen molar-refractivity contribution in [3.63, 3.8) is 0 Å². The van der Waals surface area contributed by atoms with Gasteiger partial charge in [0.1, 0.15) is 11.2 Å². The predicted molar refractivity (Wildman–Crippen MR) is 106 cm³/mol. The molecule has 1 amide bonds. The van der Waals surface area contributed by atoms with Crippen LogP contribution in [0.1, 0.15) is 11.1 Å². The Labute approximate surface area is 153 Å². The third kappa shape index (κ3) is 2.78. The third-order valence-electron chi connectivity index (χ3n) is 4.41. The number of fused-ring (bicyclic) bond motifs is 3. The maximum absolute atomic E-state index is 12.8. The van der Waals surface area contributed by atoms with Crippen molar-refractivity contribution in [3.05, 3.63) is 70.3 Å². The summed E-state index contributed by atoms with van der Waals surface area (Å²) in [4.78, 5) is 29.6. The molecule has 0 aliphatic rings. The first kappa shape index (κ1) is 16.5. The van der Waals surface area contributed by atoms with E-state index in [4.69, 9.17) is 0 Å². The molecule has 0 spiro atoms. The van der Waals surface area contributed by atoms with Crippen molar-refractivity contribution in [2.24, 2.45) is 0 Å². The number of nitrogens with one attached hydrogen (secondary N) is 1. The summed E-state index contributed by atoms with van der Waals surface area (Å²) in [5.41, 5.74) is 3.28. The molecule has 2 aromatic carbocycles. The molecule has 5 nitrogen and oxygen atoms in total. The van der Waals surface area contributed by atoms with E-state index in [2.05, 4.69) is 10.3 Å². The van der Waals surface area contributed by atoms with E-state index in [1.165, 1.54) is 22.2 Å². The topological polar surface area (TPSA) is 64.0 Å². The Morgan fingerprint density at radius 2 is 1.85 bits per heavy atom. The minimum absolute atomic E-state index is 0.0657. The van der Waals surface area contributed by atoms with E-state index >= 15 is 0 Å². The highest BCUT2D eigenvalue weighted by Gasteiger charge is 2.14. The highest BCUT2D eigenvalue weighted by atomic mass is 32.1. The molecule has 0 saturated carbocycles. The van der Waals surface area contributed by atoms with E-state index in [-0.39, 0.29) is 18.0 Å². The Morgan fingerprint density at radius 3 is 2.62 bits per heavy atom. The van der Waals surface area contributed by atoms with E-state index in [9.17, 15) is 9.59 Å². The lowest BCUT2D eigenvalue weighted by Crippen LogP contribution is -2.27. The average Bonchev–Trinajstić information content (AvgIpc) is 3.00. The maximum atomic E-state index is 12.8. The number of hydrogen-bond acceptors (Lipinski definition) is 4. The van der Waals surface area contributed by atoms with Gasteiger partial charge in [0.2, 0.25) is 5.91 Å². The molecule has 26 heavy (non-hydrogen) atoms. The van der Waals surface area contributed by atoms with E-state index in [0.29, 0.717) is 10.2 Å². The van der Waals surface area contributed by atoms with Crippen molar-refractivity contribution < 1.29 is 4.79 Å². The number of benzene rings is 2. The first-order valence-electron chi connectivity index (χ1n) is 8.27. The van der Waals surface area contributed by atoms with Crippen LogP contribution in [0.3, 0.4) is 0 Å². The van der Waals surface area contributed by atoms with Gasteiger partial charge in [0.15, 0.2) is 0 Å². The number of carbonyl (C=O) groups is 1. The summed E-state index contributed by atoms with van der Waals surface area (Å²) in [7, 11) is 0. The second kappa shape index (κ2) is 6.38. The SMILES string of the molecule is Cc1cccc(C)c1NC(=O)Cn1cnc2c(sc3ccccc32)c1=O. The Morgan fingerprint density at radius 1 is 1.12 bits per heavy atom. The molecular weight excluding hydrogens is 346 g/mol. The Bertz CT molecular complexity index is 1190. The zero-order chi connectivity index (χ0) is 18.3. The van der Waals surface area contributed by atoms with E-state index in [1.807, 2.05) is 56.3 Å². The summed E-state index contributed by atoms with van der Waals surface area (Å²) in [6.07, 6.45) is 1.45. The second-order valence-corrected chi connectivity index (χ2v) is 7.32. The monoisotopic (exact) mass is 363 g/mol. The first-order chi connectivity index (χ1) is 12.5. The van der Waals surface area contributed by atoms with Gasteiger partial charge in [0.05, 0.1) is 11.8 Å². The molecule has 0 fully saturated rings. The molecule has 6 heteroatoms. The summed E-state index contributed by atoms with van der Waals surface area (Å²) in [5, 5.41) is 3.88. The number of aryl methyl sites for hydroxylation is 2. The number of rotatable bonds is 3. The van der Waals surface area contributed by atoms with Gasteiger partial charge >= 0.3 is 0 Å². The van der Waals surface area contributed by atoms with Crippen LogP contribution in [0.4, 0.5) is 5.69 Å². The van der Waals surface area contributed by atoms with Crippen LogP contribution in [-0.2, 0) is 11.3 Å². The number of carbonyl (C=O) groups excluding carboxylic acids is 1. The zero-order valence-corrected chi connectivity index (χ0v) is 15.3. The molecule has 0 atom stereocenters. The number of hydrogen-bond donors (Lipinski definition) is 1. The van der Waals surface area contributed by atoms with Gasteiger partial charge in [-0.05, 0) is 31.0 Å². The van der Waals surface area contributed by atoms with Crippen LogP contribution in [0.2, 0.25) is 0 Å². The lowest BCUT2D eigenvalue weighted by Gasteiger charge is -2.12. The van der Waals surface area contributed by atoms with Gasteiger partial charge in [-0.25, -0.2) is 4.98 Å². The van der Waals surface area contributed by atoms with Crippen molar-refractivity contribution in [3.8, 4) is 0 Å². The van der Waals surface area contributed by atoms with Crippen LogP contribution < -0.4 is 10.9 Å². The Kier molecular flexibility index (Phi) is 4.05. The molecule has 4 rings (SSSR count). The van der Waals surface area contributed by atoms with Gasteiger partial charge in [-0.3, -0.25) is 14.2 Å².